The van der Waals surface area contributed by atoms with Crippen LogP contribution in [0.2, 0.25) is 0 Å². The Kier molecular flexibility index (Phi) is 3.47. The number of hydrogen-bond donors (Lipinski definition) is 0. The van der Waals surface area contributed by atoms with Gasteiger partial charge in [-0.3, -0.25) is 4.99 Å². The second kappa shape index (κ2) is 5.35. The van der Waals surface area contributed by atoms with Crippen molar-refractivity contribution in [3.05, 3.63) is 58.7 Å². The predicted molar refractivity (Wildman–Crippen MR) is 101 cm³/mol. The zero-order valence-corrected chi connectivity index (χ0v) is 15.6. The van der Waals surface area contributed by atoms with Crippen LogP contribution in [0, 0.1) is 0 Å². The molecule has 2 aliphatic rings. The molecule has 3 nitrogen and oxygen atoms in total. The molecule has 2 aromatic carbocycles. The predicted octanol–water partition coefficient (Wildman–Crippen LogP) is 4.54. The van der Waals surface area contributed by atoms with E-state index in [9.17, 15) is 0 Å². The van der Waals surface area contributed by atoms with Gasteiger partial charge in [-0.25, -0.2) is 0 Å². The third-order valence-electron chi connectivity index (χ3n) is 5.19. The van der Waals surface area contributed by atoms with Gasteiger partial charge in [0.2, 0.25) is 0 Å². The van der Waals surface area contributed by atoms with Crippen LogP contribution in [-0.4, -0.2) is 25.0 Å². The first-order valence-electron chi connectivity index (χ1n) is 8.86. The highest BCUT2D eigenvalue weighted by molar-refractivity contribution is 6.16. The van der Waals surface area contributed by atoms with Crippen molar-refractivity contribution in [3.8, 4) is 11.5 Å². The zero-order valence-electron chi connectivity index (χ0n) is 15.6. The normalized spacial score (nSPS) is 19.5. The van der Waals surface area contributed by atoms with Crippen molar-refractivity contribution in [1.29, 1.82) is 0 Å². The molecule has 0 aliphatic carbocycles. The summed E-state index contributed by atoms with van der Waals surface area (Å²) in [6, 6.07) is 12.6. The molecule has 2 heterocycles. The van der Waals surface area contributed by atoms with Gasteiger partial charge in [-0.05, 0) is 25.5 Å². The second-order valence-electron chi connectivity index (χ2n) is 8.26. The molecular formula is C22H25NO2. The average molecular weight is 335 g/mol. The van der Waals surface area contributed by atoms with E-state index in [1.807, 2.05) is 6.07 Å². The van der Waals surface area contributed by atoms with E-state index in [0.717, 1.165) is 35.7 Å². The SMILES string of the molecule is COc1cc2c(c3c1OC(C)(C)C3)C(c1ccccc1)=NCC2(C)C. The van der Waals surface area contributed by atoms with Gasteiger partial charge in [-0.1, -0.05) is 44.2 Å². The van der Waals surface area contributed by atoms with Crippen LogP contribution in [0.1, 0.15) is 49.9 Å². The largest absolute Gasteiger partial charge is 0.493 e. The van der Waals surface area contributed by atoms with Gasteiger partial charge in [0.25, 0.3) is 0 Å². The molecule has 0 N–H and O–H groups in total. The Morgan fingerprint density at radius 3 is 2.48 bits per heavy atom. The summed E-state index contributed by atoms with van der Waals surface area (Å²) >= 11 is 0. The Labute approximate surface area is 149 Å². The molecule has 0 fully saturated rings. The molecule has 0 atom stereocenters. The summed E-state index contributed by atoms with van der Waals surface area (Å²) in [5.41, 5.74) is 5.76. The third kappa shape index (κ3) is 2.53. The first-order chi connectivity index (χ1) is 11.8. The highest BCUT2D eigenvalue weighted by atomic mass is 16.5. The molecule has 4 rings (SSSR count). The van der Waals surface area contributed by atoms with Crippen LogP contribution < -0.4 is 9.47 Å². The van der Waals surface area contributed by atoms with Gasteiger partial charge in [-0.2, -0.15) is 0 Å². The number of fused-ring (bicyclic) bond motifs is 3. The van der Waals surface area contributed by atoms with E-state index in [1.165, 1.54) is 16.7 Å². The summed E-state index contributed by atoms with van der Waals surface area (Å²) in [5.74, 6) is 1.72. The summed E-state index contributed by atoms with van der Waals surface area (Å²) in [7, 11) is 1.72. The van der Waals surface area contributed by atoms with Crippen LogP contribution >= 0.6 is 0 Å². The number of hydrogen-bond acceptors (Lipinski definition) is 3. The van der Waals surface area contributed by atoms with E-state index in [2.05, 4.69) is 58.0 Å². The standard InChI is InChI=1S/C22H25NO2/c1-21(2)13-23-19(14-9-7-6-8-10-14)18-15-12-22(3,4)25-20(15)17(24-5)11-16(18)21/h6-11H,12-13H2,1-5H3. The fourth-order valence-corrected chi connectivity index (χ4v) is 3.94. The molecule has 0 unspecified atom stereocenters. The first-order valence-corrected chi connectivity index (χ1v) is 8.86. The monoisotopic (exact) mass is 335 g/mol. The molecule has 2 aliphatic heterocycles. The minimum absolute atomic E-state index is 0.0251. The highest BCUT2D eigenvalue weighted by Crippen LogP contribution is 2.49. The lowest BCUT2D eigenvalue weighted by atomic mass is 9.75. The van der Waals surface area contributed by atoms with E-state index in [4.69, 9.17) is 14.5 Å². The lowest BCUT2D eigenvalue weighted by Crippen LogP contribution is -2.31. The lowest BCUT2D eigenvalue weighted by Gasteiger charge is -2.33. The van der Waals surface area contributed by atoms with Gasteiger partial charge in [0, 0.05) is 35.1 Å². The van der Waals surface area contributed by atoms with Gasteiger partial charge in [0.05, 0.1) is 12.8 Å². The minimum atomic E-state index is -0.228. The topological polar surface area (TPSA) is 30.8 Å². The quantitative estimate of drug-likeness (QED) is 0.807. The van der Waals surface area contributed by atoms with Crippen LogP contribution in [0.3, 0.4) is 0 Å². The van der Waals surface area contributed by atoms with Crippen LogP contribution in [0.25, 0.3) is 0 Å². The molecule has 0 radical (unpaired) electrons. The van der Waals surface area contributed by atoms with Crippen LogP contribution in [0.5, 0.6) is 11.5 Å². The van der Waals surface area contributed by atoms with E-state index in [-0.39, 0.29) is 11.0 Å². The Hall–Kier alpha value is -2.29. The zero-order chi connectivity index (χ0) is 17.8. The smallest absolute Gasteiger partial charge is 0.166 e. The van der Waals surface area contributed by atoms with Crippen molar-refractivity contribution in [2.45, 2.75) is 45.1 Å². The van der Waals surface area contributed by atoms with Gasteiger partial charge < -0.3 is 9.47 Å². The van der Waals surface area contributed by atoms with E-state index >= 15 is 0 Å². The summed E-state index contributed by atoms with van der Waals surface area (Å²) in [6.45, 7) is 9.54. The maximum atomic E-state index is 6.25. The molecule has 0 spiro atoms. The second-order valence-corrected chi connectivity index (χ2v) is 8.26. The van der Waals surface area contributed by atoms with Crippen molar-refractivity contribution in [2.75, 3.05) is 13.7 Å². The average Bonchev–Trinajstić information content (AvgIpc) is 2.90. The van der Waals surface area contributed by atoms with Gasteiger partial charge in [-0.15, -0.1) is 0 Å². The number of nitrogens with zero attached hydrogens (tertiary/aromatic N) is 1. The number of methoxy groups -OCH3 is 1. The van der Waals surface area contributed by atoms with Gasteiger partial charge in [0.15, 0.2) is 11.5 Å². The summed E-state index contributed by atoms with van der Waals surface area (Å²) < 4.78 is 11.9. The molecule has 0 saturated carbocycles. The van der Waals surface area contributed by atoms with E-state index in [0.29, 0.717) is 0 Å². The molecule has 2 aromatic rings. The van der Waals surface area contributed by atoms with E-state index in [1.54, 1.807) is 7.11 Å². The summed E-state index contributed by atoms with van der Waals surface area (Å²) in [5, 5.41) is 0. The number of ether oxygens (including phenoxy) is 2. The van der Waals surface area contributed by atoms with Gasteiger partial charge in [0.1, 0.15) is 5.60 Å². The maximum absolute atomic E-state index is 6.25. The molecule has 130 valence electrons. The molecule has 25 heavy (non-hydrogen) atoms. The fraction of sp³-hybridized carbons (Fsp3) is 0.409. The molecule has 0 saturated heterocycles. The van der Waals surface area contributed by atoms with Crippen molar-refractivity contribution < 1.29 is 9.47 Å². The first kappa shape index (κ1) is 16.2. The van der Waals surface area contributed by atoms with Crippen LogP contribution in [0.4, 0.5) is 0 Å². The van der Waals surface area contributed by atoms with Gasteiger partial charge >= 0.3 is 0 Å². The molecule has 0 aromatic heterocycles. The van der Waals surface area contributed by atoms with Crippen molar-refractivity contribution in [1.82, 2.24) is 0 Å². The van der Waals surface area contributed by atoms with Crippen molar-refractivity contribution in [2.24, 2.45) is 4.99 Å². The fourth-order valence-electron chi connectivity index (χ4n) is 3.94. The Balaban J connectivity index is 2.01. The lowest BCUT2D eigenvalue weighted by molar-refractivity contribution is 0.134. The number of rotatable bonds is 2. The van der Waals surface area contributed by atoms with Crippen molar-refractivity contribution >= 4 is 5.71 Å². The maximum Gasteiger partial charge on any atom is 0.166 e. The summed E-state index contributed by atoms with van der Waals surface area (Å²) in [4.78, 5) is 4.99. The Morgan fingerprint density at radius 2 is 1.80 bits per heavy atom. The van der Waals surface area contributed by atoms with Crippen LogP contribution in [0.15, 0.2) is 41.4 Å². The molecule has 3 heteroatoms. The molecule has 0 amide bonds. The molecular weight excluding hydrogens is 310 g/mol. The third-order valence-corrected chi connectivity index (χ3v) is 5.19. The number of aliphatic imine (C=N–C) groups is 1. The Bertz CT molecular complexity index is 863. The molecule has 0 bridgehead atoms. The summed E-state index contributed by atoms with van der Waals surface area (Å²) in [6.07, 6.45) is 0.865. The Morgan fingerprint density at radius 1 is 1.08 bits per heavy atom. The minimum Gasteiger partial charge on any atom is -0.493 e. The van der Waals surface area contributed by atoms with Crippen molar-refractivity contribution in [3.63, 3.8) is 0 Å². The van der Waals surface area contributed by atoms with E-state index < -0.39 is 0 Å². The number of benzene rings is 2. The highest BCUT2D eigenvalue weighted by Gasteiger charge is 2.40. The van der Waals surface area contributed by atoms with Crippen LogP contribution in [-0.2, 0) is 11.8 Å².